The van der Waals surface area contributed by atoms with Gasteiger partial charge in [-0.25, -0.2) is 4.39 Å². The molecule has 1 amide bonds. The second-order valence-corrected chi connectivity index (χ2v) is 5.35. The van der Waals surface area contributed by atoms with Crippen molar-refractivity contribution in [1.82, 2.24) is 5.32 Å². The standard InChI is InChI=1S/C14H21FN2O/c1-10-8-11(4-5-12(10)15)9-17-13(18)6-7-14(2,3)16/h4-5,8H,6-7,9,16H2,1-3H3,(H,17,18). The van der Waals surface area contributed by atoms with Gasteiger partial charge < -0.3 is 11.1 Å². The minimum Gasteiger partial charge on any atom is -0.352 e. The van der Waals surface area contributed by atoms with Crippen molar-refractivity contribution in [1.29, 1.82) is 0 Å². The van der Waals surface area contributed by atoms with Gasteiger partial charge in [0.05, 0.1) is 0 Å². The first kappa shape index (κ1) is 14.6. The fourth-order valence-corrected chi connectivity index (χ4v) is 1.54. The summed E-state index contributed by atoms with van der Waals surface area (Å²) in [6.07, 6.45) is 1.05. The van der Waals surface area contributed by atoms with Crippen LogP contribution < -0.4 is 11.1 Å². The van der Waals surface area contributed by atoms with Crippen LogP contribution in [0.25, 0.3) is 0 Å². The number of rotatable bonds is 5. The van der Waals surface area contributed by atoms with E-state index in [1.54, 1.807) is 19.1 Å². The average molecular weight is 252 g/mol. The lowest BCUT2D eigenvalue weighted by molar-refractivity contribution is -0.121. The van der Waals surface area contributed by atoms with Crippen molar-refractivity contribution in [3.63, 3.8) is 0 Å². The molecule has 0 bridgehead atoms. The first-order chi connectivity index (χ1) is 8.28. The summed E-state index contributed by atoms with van der Waals surface area (Å²) in [5, 5.41) is 2.80. The lowest BCUT2D eigenvalue weighted by atomic mass is 10.00. The molecule has 0 saturated heterocycles. The van der Waals surface area contributed by atoms with Crippen LogP contribution in [0.1, 0.15) is 37.8 Å². The van der Waals surface area contributed by atoms with E-state index >= 15 is 0 Å². The Labute approximate surface area is 108 Å². The van der Waals surface area contributed by atoms with E-state index < -0.39 is 0 Å². The van der Waals surface area contributed by atoms with Crippen LogP contribution in [0.4, 0.5) is 4.39 Å². The molecule has 1 rings (SSSR count). The molecular formula is C14H21FN2O. The molecule has 4 heteroatoms. The molecule has 0 aliphatic carbocycles. The first-order valence-corrected chi connectivity index (χ1v) is 6.08. The molecule has 0 spiro atoms. The lowest BCUT2D eigenvalue weighted by Gasteiger charge is -2.17. The highest BCUT2D eigenvalue weighted by atomic mass is 19.1. The average Bonchev–Trinajstić information content (AvgIpc) is 2.27. The third kappa shape index (κ3) is 5.27. The second-order valence-electron chi connectivity index (χ2n) is 5.35. The summed E-state index contributed by atoms with van der Waals surface area (Å²) in [6.45, 7) is 5.91. The minimum absolute atomic E-state index is 0.0319. The van der Waals surface area contributed by atoms with Gasteiger partial charge in [-0.1, -0.05) is 12.1 Å². The number of hydrogen-bond acceptors (Lipinski definition) is 2. The highest BCUT2D eigenvalue weighted by molar-refractivity contribution is 5.75. The number of benzene rings is 1. The molecule has 0 aromatic heterocycles. The Morgan fingerprint density at radius 1 is 1.44 bits per heavy atom. The topological polar surface area (TPSA) is 55.1 Å². The van der Waals surface area contributed by atoms with Crippen LogP contribution in [0.2, 0.25) is 0 Å². The van der Waals surface area contributed by atoms with E-state index in [-0.39, 0.29) is 17.3 Å². The third-order valence-corrected chi connectivity index (χ3v) is 2.71. The van der Waals surface area contributed by atoms with Gasteiger partial charge in [-0.3, -0.25) is 4.79 Å². The number of carbonyl (C=O) groups is 1. The number of carbonyl (C=O) groups excluding carboxylic acids is 1. The van der Waals surface area contributed by atoms with E-state index in [0.717, 1.165) is 5.56 Å². The Kier molecular flexibility index (Phi) is 4.84. The minimum atomic E-state index is -0.330. The summed E-state index contributed by atoms with van der Waals surface area (Å²) in [5.74, 6) is -0.259. The summed E-state index contributed by atoms with van der Waals surface area (Å²) in [7, 11) is 0. The molecule has 0 fully saturated rings. The van der Waals surface area contributed by atoms with Gasteiger partial charge in [-0.05, 0) is 44.4 Å². The van der Waals surface area contributed by atoms with Crippen molar-refractivity contribution >= 4 is 5.91 Å². The molecule has 0 aliphatic heterocycles. The van der Waals surface area contributed by atoms with Gasteiger partial charge in [0.2, 0.25) is 5.91 Å². The zero-order valence-corrected chi connectivity index (χ0v) is 11.2. The van der Waals surface area contributed by atoms with E-state index in [9.17, 15) is 9.18 Å². The van der Waals surface area contributed by atoms with Crippen LogP contribution in [-0.4, -0.2) is 11.4 Å². The SMILES string of the molecule is Cc1cc(CNC(=O)CCC(C)(C)N)ccc1F. The van der Waals surface area contributed by atoms with Crippen molar-refractivity contribution in [3.8, 4) is 0 Å². The van der Waals surface area contributed by atoms with Crippen molar-refractivity contribution < 1.29 is 9.18 Å². The normalized spacial score (nSPS) is 11.4. The van der Waals surface area contributed by atoms with Gasteiger partial charge in [-0.15, -0.1) is 0 Å². The predicted octanol–water partition coefficient (Wildman–Crippen LogP) is 2.27. The Morgan fingerprint density at radius 2 is 2.11 bits per heavy atom. The number of nitrogens with two attached hydrogens (primary N) is 1. The molecule has 1 aromatic rings. The number of halogens is 1. The van der Waals surface area contributed by atoms with Crippen LogP contribution in [-0.2, 0) is 11.3 Å². The van der Waals surface area contributed by atoms with Gasteiger partial charge in [0.15, 0.2) is 0 Å². The molecule has 3 N–H and O–H groups in total. The molecule has 0 aliphatic rings. The lowest BCUT2D eigenvalue weighted by Crippen LogP contribution is -2.34. The fraction of sp³-hybridized carbons (Fsp3) is 0.500. The van der Waals surface area contributed by atoms with Crippen LogP contribution in [0.5, 0.6) is 0 Å². The van der Waals surface area contributed by atoms with Gasteiger partial charge in [0.1, 0.15) is 5.82 Å². The van der Waals surface area contributed by atoms with Crippen LogP contribution in [0.15, 0.2) is 18.2 Å². The van der Waals surface area contributed by atoms with E-state index in [4.69, 9.17) is 5.73 Å². The zero-order chi connectivity index (χ0) is 13.8. The van der Waals surface area contributed by atoms with E-state index in [0.29, 0.717) is 24.9 Å². The Morgan fingerprint density at radius 3 is 2.67 bits per heavy atom. The van der Waals surface area contributed by atoms with Gasteiger partial charge in [0, 0.05) is 18.5 Å². The molecule has 0 saturated carbocycles. The number of amides is 1. The quantitative estimate of drug-likeness (QED) is 0.844. The van der Waals surface area contributed by atoms with E-state index in [1.807, 2.05) is 13.8 Å². The summed E-state index contributed by atoms with van der Waals surface area (Å²) in [5.41, 5.74) is 6.96. The van der Waals surface area contributed by atoms with Crippen molar-refractivity contribution in [2.45, 2.75) is 45.7 Å². The van der Waals surface area contributed by atoms with E-state index in [2.05, 4.69) is 5.32 Å². The monoisotopic (exact) mass is 252 g/mol. The molecule has 3 nitrogen and oxygen atoms in total. The van der Waals surface area contributed by atoms with E-state index in [1.165, 1.54) is 6.07 Å². The summed E-state index contributed by atoms with van der Waals surface area (Å²) in [6, 6.07) is 4.83. The molecule has 18 heavy (non-hydrogen) atoms. The Balaban J connectivity index is 2.40. The van der Waals surface area contributed by atoms with Crippen LogP contribution >= 0.6 is 0 Å². The first-order valence-electron chi connectivity index (χ1n) is 6.08. The Hall–Kier alpha value is -1.42. The van der Waals surface area contributed by atoms with Gasteiger partial charge in [-0.2, -0.15) is 0 Å². The van der Waals surface area contributed by atoms with Crippen molar-refractivity contribution in [2.75, 3.05) is 0 Å². The molecule has 0 unspecified atom stereocenters. The summed E-state index contributed by atoms with van der Waals surface area (Å²) in [4.78, 5) is 11.6. The molecule has 100 valence electrons. The summed E-state index contributed by atoms with van der Waals surface area (Å²) >= 11 is 0. The van der Waals surface area contributed by atoms with Crippen LogP contribution in [0.3, 0.4) is 0 Å². The Bertz CT molecular complexity index is 424. The van der Waals surface area contributed by atoms with Crippen molar-refractivity contribution in [2.24, 2.45) is 5.73 Å². The largest absolute Gasteiger partial charge is 0.352 e. The molecule has 0 radical (unpaired) electrons. The zero-order valence-electron chi connectivity index (χ0n) is 11.2. The maximum absolute atomic E-state index is 13.0. The van der Waals surface area contributed by atoms with Crippen LogP contribution in [0, 0.1) is 12.7 Å². The van der Waals surface area contributed by atoms with Gasteiger partial charge >= 0.3 is 0 Å². The molecule has 1 aromatic carbocycles. The van der Waals surface area contributed by atoms with Crippen molar-refractivity contribution in [3.05, 3.63) is 35.1 Å². The number of aryl methyl sites for hydroxylation is 1. The molecule has 0 heterocycles. The maximum Gasteiger partial charge on any atom is 0.220 e. The molecular weight excluding hydrogens is 231 g/mol. The van der Waals surface area contributed by atoms with Gasteiger partial charge in [0.25, 0.3) is 0 Å². The maximum atomic E-state index is 13.0. The number of hydrogen-bond donors (Lipinski definition) is 2. The fourth-order valence-electron chi connectivity index (χ4n) is 1.54. The molecule has 0 atom stereocenters. The number of nitrogens with one attached hydrogen (secondary N) is 1. The third-order valence-electron chi connectivity index (χ3n) is 2.71. The predicted molar refractivity (Wildman–Crippen MR) is 70.5 cm³/mol. The highest BCUT2D eigenvalue weighted by Gasteiger charge is 2.12. The smallest absolute Gasteiger partial charge is 0.220 e. The highest BCUT2D eigenvalue weighted by Crippen LogP contribution is 2.10. The summed E-state index contributed by atoms with van der Waals surface area (Å²) < 4.78 is 13.0. The second kappa shape index (κ2) is 5.96.